The van der Waals surface area contributed by atoms with Crippen LogP contribution in [0.15, 0.2) is 23.2 Å². The van der Waals surface area contributed by atoms with E-state index >= 15 is 0 Å². The fraction of sp³-hybridized carbons (Fsp3) is 0.462. The highest BCUT2D eigenvalue weighted by molar-refractivity contribution is 6.31. The van der Waals surface area contributed by atoms with Crippen LogP contribution in [0.2, 0.25) is 5.02 Å². The molecule has 2 nitrogen and oxygen atoms in total. The second-order valence-electron chi connectivity index (χ2n) is 4.69. The van der Waals surface area contributed by atoms with E-state index in [1.807, 2.05) is 13.0 Å². The number of aryl methyl sites for hydroxylation is 1. The van der Waals surface area contributed by atoms with Crippen LogP contribution in [-0.2, 0) is 5.54 Å². The van der Waals surface area contributed by atoms with Crippen LogP contribution in [0.25, 0.3) is 0 Å². The highest BCUT2D eigenvalue weighted by Gasteiger charge is 2.28. The van der Waals surface area contributed by atoms with Gasteiger partial charge in [-0.15, -0.1) is 0 Å². The van der Waals surface area contributed by atoms with Crippen LogP contribution in [0.5, 0.6) is 0 Å². The summed E-state index contributed by atoms with van der Waals surface area (Å²) in [5, 5.41) is 0.806. The number of hydrogen-bond donors (Lipinski definition) is 1. The Labute approximate surface area is 102 Å². The number of benzene rings is 1. The van der Waals surface area contributed by atoms with E-state index in [0.29, 0.717) is 0 Å². The lowest BCUT2D eigenvalue weighted by Gasteiger charge is -2.30. The van der Waals surface area contributed by atoms with Gasteiger partial charge in [0.2, 0.25) is 0 Å². The molecule has 0 fully saturated rings. The second kappa shape index (κ2) is 4.10. The molecular formula is C13H17ClN2. The van der Waals surface area contributed by atoms with E-state index in [4.69, 9.17) is 17.3 Å². The van der Waals surface area contributed by atoms with Crippen molar-refractivity contribution >= 4 is 17.4 Å². The average molecular weight is 237 g/mol. The Balaban J connectivity index is 2.43. The number of amidine groups is 1. The summed E-state index contributed by atoms with van der Waals surface area (Å²) in [6, 6.07) is 6.11. The summed E-state index contributed by atoms with van der Waals surface area (Å²) in [7, 11) is 0. The van der Waals surface area contributed by atoms with Gasteiger partial charge in [-0.3, -0.25) is 4.99 Å². The van der Waals surface area contributed by atoms with Crippen molar-refractivity contribution in [2.45, 2.75) is 38.6 Å². The van der Waals surface area contributed by atoms with Crippen LogP contribution in [0.1, 0.15) is 37.3 Å². The Kier molecular flexibility index (Phi) is 2.94. The zero-order chi connectivity index (χ0) is 11.8. The van der Waals surface area contributed by atoms with E-state index in [1.54, 1.807) is 0 Å². The van der Waals surface area contributed by atoms with Crippen LogP contribution < -0.4 is 5.73 Å². The maximum atomic E-state index is 6.03. The second-order valence-corrected chi connectivity index (χ2v) is 5.10. The lowest BCUT2D eigenvalue weighted by molar-refractivity contribution is 0.424. The molecule has 2 rings (SSSR count). The molecule has 16 heavy (non-hydrogen) atoms. The van der Waals surface area contributed by atoms with Crippen molar-refractivity contribution in [1.29, 1.82) is 0 Å². The SMILES string of the molecule is Cc1cc(C2(C)CCCC(N)=N2)ccc1Cl. The maximum absolute atomic E-state index is 6.03. The molecule has 1 aliphatic rings. The number of rotatable bonds is 1. The summed E-state index contributed by atoms with van der Waals surface area (Å²) in [5.74, 6) is 0.765. The van der Waals surface area contributed by atoms with Crippen LogP contribution >= 0.6 is 11.6 Å². The third kappa shape index (κ3) is 2.07. The Hall–Kier alpha value is -1.02. The molecule has 0 saturated carbocycles. The van der Waals surface area contributed by atoms with Gasteiger partial charge in [-0.1, -0.05) is 23.7 Å². The third-order valence-corrected chi connectivity index (χ3v) is 3.69. The van der Waals surface area contributed by atoms with Gasteiger partial charge < -0.3 is 5.73 Å². The quantitative estimate of drug-likeness (QED) is 0.798. The standard InChI is InChI=1S/C13H17ClN2/c1-9-8-10(5-6-11(9)14)13(2)7-3-4-12(15)16-13/h5-6,8H,3-4,7H2,1-2H3,(H2,15,16). The Bertz CT molecular complexity index is 440. The first-order valence-electron chi connectivity index (χ1n) is 5.62. The predicted octanol–water partition coefficient (Wildman–Crippen LogP) is 3.40. The number of nitrogens with zero attached hydrogens (tertiary/aromatic N) is 1. The predicted molar refractivity (Wildman–Crippen MR) is 69.0 cm³/mol. The molecule has 3 heteroatoms. The van der Waals surface area contributed by atoms with Gasteiger partial charge in [-0.05, 0) is 43.9 Å². The molecule has 0 saturated heterocycles. The first-order valence-corrected chi connectivity index (χ1v) is 6.00. The molecule has 1 unspecified atom stereocenters. The number of halogens is 1. The van der Waals surface area contributed by atoms with E-state index in [9.17, 15) is 0 Å². The molecule has 0 radical (unpaired) electrons. The minimum atomic E-state index is -0.169. The van der Waals surface area contributed by atoms with Gasteiger partial charge in [0.25, 0.3) is 0 Å². The maximum Gasteiger partial charge on any atom is 0.0948 e. The molecule has 0 aromatic heterocycles. The summed E-state index contributed by atoms with van der Waals surface area (Å²) >= 11 is 6.03. The van der Waals surface area contributed by atoms with Gasteiger partial charge in [0.1, 0.15) is 0 Å². The number of hydrogen-bond acceptors (Lipinski definition) is 2. The summed E-state index contributed by atoms with van der Waals surface area (Å²) in [4.78, 5) is 4.61. The summed E-state index contributed by atoms with van der Waals surface area (Å²) in [6.07, 6.45) is 3.07. The molecule has 0 bridgehead atoms. The zero-order valence-corrected chi connectivity index (χ0v) is 10.5. The molecule has 1 aliphatic heterocycles. The van der Waals surface area contributed by atoms with Gasteiger partial charge in [0.05, 0.1) is 11.4 Å². The first-order chi connectivity index (χ1) is 7.51. The van der Waals surface area contributed by atoms with E-state index < -0.39 is 0 Å². The molecule has 1 heterocycles. The molecule has 86 valence electrons. The molecule has 0 amide bonds. The van der Waals surface area contributed by atoms with Crippen molar-refractivity contribution in [2.75, 3.05) is 0 Å². The van der Waals surface area contributed by atoms with Crippen molar-refractivity contribution in [2.24, 2.45) is 10.7 Å². The van der Waals surface area contributed by atoms with Gasteiger partial charge >= 0.3 is 0 Å². The Morgan fingerprint density at radius 3 is 2.81 bits per heavy atom. The van der Waals surface area contributed by atoms with Crippen LogP contribution in [0.4, 0.5) is 0 Å². The minimum Gasteiger partial charge on any atom is -0.387 e. The van der Waals surface area contributed by atoms with Crippen molar-refractivity contribution in [1.82, 2.24) is 0 Å². The smallest absolute Gasteiger partial charge is 0.0948 e. The van der Waals surface area contributed by atoms with Crippen molar-refractivity contribution < 1.29 is 0 Å². The van der Waals surface area contributed by atoms with Crippen LogP contribution in [0.3, 0.4) is 0 Å². The van der Waals surface area contributed by atoms with Crippen molar-refractivity contribution in [3.63, 3.8) is 0 Å². The topological polar surface area (TPSA) is 38.4 Å². The lowest BCUT2D eigenvalue weighted by atomic mass is 9.84. The van der Waals surface area contributed by atoms with Gasteiger partial charge in [0.15, 0.2) is 0 Å². The first kappa shape index (κ1) is 11.5. The molecular weight excluding hydrogens is 220 g/mol. The molecule has 2 N–H and O–H groups in total. The lowest BCUT2D eigenvalue weighted by Crippen LogP contribution is -2.29. The van der Waals surface area contributed by atoms with Crippen LogP contribution in [0, 0.1) is 6.92 Å². The molecule has 0 aliphatic carbocycles. The van der Waals surface area contributed by atoms with E-state index in [1.165, 1.54) is 5.56 Å². The highest BCUT2D eigenvalue weighted by Crippen LogP contribution is 2.35. The van der Waals surface area contributed by atoms with Gasteiger partial charge in [0, 0.05) is 11.4 Å². The highest BCUT2D eigenvalue weighted by atomic mass is 35.5. The van der Waals surface area contributed by atoms with Crippen LogP contribution in [-0.4, -0.2) is 5.84 Å². The Morgan fingerprint density at radius 2 is 2.19 bits per heavy atom. The monoisotopic (exact) mass is 236 g/mol. The van der Waals surface area contributed by atoms with E-state index in [0.717, 1.165) is 35.7 Å². The fourth-order valence-electron chi connectivity index (χ4n) is 2.23. The van der Waals surface area contributed by atoms with Gasteiger partial charge in [-0.25, -0.2) is 0 Å². The number of aliphatic imine (C=N–C) groups is 1. The van der Waals surface area contributed by atoms with E-state index in [2.05, 4.69) is 24.0 Å². The number of nitrogens with two attached hydrogens (primary N) is 1. The minimum absolute atomic E-state index is 0.169. The third-order valence-electron chi connectivity index (χ3n) is 3.27. The van der Waals surface area contributed by atoms with Crippen molar-refractivity contribution in [3.05, 3.63) is 34.3 Å². The molecule has 1 atom stereocenters. The summed E-state index contributed by atoms with van der Waals surface area (Å²) < 4.78 is 0. The van der Waals surface area contributed by atoms with E-state index in [-0.39, 0.29) is 5.54 Å². The molecule has 1 aromatic rings. The fourth-order valence-corrected chi connectivity index (χ4v) is 2.35. The summed E-state index contributed by atoms with van der Waals surface area (Å²) in [5.41, 5.74) is 7.97. The summed E-state index contributed by atoms with van der Waals surface area (Å²) in [6.45, 7) is 4.16. The largest absolute Gasteiger partial charge is 0.387 e. The normalized spacial score (nSPS) is 25.3. The van der Waals surface area contributed by atoms with Gasteiger partial charge in [-0.2, -0.15) is 0 Å². The molecule has 1 aromatic carbocycles. The molecule has 0 spiro atoms. The average Bonchev–Trinajstić information content (AvgIpc) is 2.21. The Morgan fingerprint density at radius 1 is 1.44 bits per heavy atom. The zero-order valence-electron chi connectivity index (χ0n) is 9.76. The van der Waals surface area contributed by atoms with Crippen molar-refractivity contribution in [3.8, 4) is 0 Å².